The Balaban J connectivity index is 1.90. The maximum Gasteiger partial charge on any atom is 0.338 e. The molecule has 0 N–H and O–H groups in total. The fraction of sp³-hybridized carbons (Fsp3) is 0.269. The van der Waals surface area contributed by atoms with E-state index in [1.54, 1.807) is 18.4 Å². The van der Waals surface area contributed by atoms with E-state index >= 15 is 0 Å². The largest absolute Gasteiger partial charge is 0.463 e. The van der Waals surface area contributed by atoms with Crippen LogP contribution in [0.15, 0.2) is 74.1 Å². The van der Waals surface area contributed by atoms with Crippen LogP contribution in [0, 0.1) is 0 Å². The fourth-order valence-electron chi connectivity index (χ4n) is 3.88. The first-order valence-electron chi connectivity index (χ1n) is 10.8. The van der Waals surface area contributed by atoms with Gasteiger partial charge in [-0.1, -0.05) is 77.5 Å². The van der Waals surface area contributed by atoms with Gasteiger partial charge in [0.05, 0.1) is 28.5 Å². The maximum atomic E-state index is 13.6. The van der Waals surface area contributed by atoms with Crippen LogP contribution in [0.5, 0.6) is 0 Å². The first-order chi connectivity index (χ1) is 15.8. The van der Waals surface area contributed by atoms with Gasteiger partial charge in [-0.2, -0.15) is 0 Å². The number of rotatable bonds is 5. The van der Waals surface area contributed by atoms with Crippen LogP contribution in [0.25, 0.3) is 6.08 Å². The number of fused-ring (bicyclic) bond motifs is 1. The average molecular weight is 525 g/mol. The molecule has 1 aliphatic heterocycles. The highest BCUT2D eigenvalue weighted by atomic mass is 79.9. The Morgan fingerprint density at radius 2 is 1.85 bits per heavy atom. The second-order valence-electron chi connectivity index (χ2n) is 8.18. The monoisotopic (exact) mass is 524 g/mol. The third kappa shape index (κ3) is 4.66. The molecule has 0 unspecified atom stereocenters. The number of benzene rings is 2. The van der Waals surface area contributed by atoms with Crippen molar-refractivity contribution >= 4 is 39.3 Å². The number of carbonyl (C=O) groups excluding carboxylic acids is 1. The topological polar surface area (TPSA) is 60.7 Å². The lowest BCUT2D eigenvalue weighted by Gasteiger charge is -2.24. The van der Waals surface area contributed by atoms with Crippen LogP contribution in [0.2, 0.25) is 0 Å². The zero-order valence-corrected chi connectivity index (χ0v) is 21.4. The Kier molecular flexibility index (Phi) is 6.81. The van der Waals surface area contributed by atoms with Crippen molar-refractivity contribution in [1.29, 1.82) is 0 Å². The smallest absolute Gasteiger partial charge is 0.338 e. The molecule has 1 aromatic heterocycles. The normalized spacial score (nSPS) is 16.1. The van der Waals surface area contributed by atoms with Gasteiger partial charge < -0.3 is 4.74 Å². The summed E-state index contributed by atoms with van der Waals surface area (Å²) >= 11 is 4.79. The van der Waals surface area contributed by atoms with E-state index < -0.39 is 12.0 Å². The van der Waals surface area contributed by atoms with Crippen LogP contribution in [-0.2, 0) is 9.53 Å². The third-order valence-corrected chi connectivity index (χ3v) is 7.12. The number of halogens is 1. The number of carbonyl (C=O) groups is 1. The van der Waals surface area contributed by atoms with Gasteiger partial charge in [0, 0.05) is 4.47 Å². The number of aromatic nitrogens is 1. The quantitative estimate of drug-likeness (QED) is 0.455. The molecule has 170 valence electrons. The van der Waals surface area contributed by atoms with Crippen molar-refractivity contribution in [3.8, 4) is 0 Å². The van der Waals surface area contributed by atoms with Crippen LogP contribution in [-0.4, -0.2) is 17.1 Å². The molecular formula is C26H25BrN2O3S. The van der Waals surface area contributed by atoms with Crippen LogP contribution in [0.4, 0.5) is 0 Å². The molecule has 7 heteroatoms. The van der Waals surface area contributed by atoms with E-state index in [4.69, 9.17) is 4.74 Å². The average Bonchev–Trinajstić information content (AvgIpc) is 3.08. The van der Waals surface area contributed by atoms with Crippen molar-refractivity contribution in [3.63, 3.8) is 0 Å². The number of allylic oxidation sites excluding steroid dienone is 1. The molecule has 0 spiro atoms. The Bertz CT molecular complexity index is 1400. The van der Waals surface area contributed by atoms with Gasteiger partial charge in [0.15, 0.2) is 4.80 Å². The van der Waals surface area contributed by atoms with Crippen molar-refractivity contribution < 1.29 is 9.53 Å². The van der Waals surface area contributed by atoms with E-state index in [1.165, 1.54) is 16.9 Å². The van der Waals surface area contributed by atoms with E-state index in [2.05, 4.69) is 46.9 Å². The molecule has 0 bridgehead atoms. The fourth-order valence-corrected chi connectivity index (χ4v) is 5.19. The minimum absolute atomic E-state index is 0.172. The summed E-state index contributed by atoms with van der Waals surface area (Å²) in [6, 6.07) is 15.2. The molecule has 0 amide bonds. The molecule has 2 heterocycles. The summed E-state index contributed by atoms with van der Waals surface area (Å²) in [6.07, 6.45) is 1.88. The van der Waals surface area contributed by atoms with E-state index in [1.807, 2.05) is 42.5 Å². The first-order valence-corrected chi connectivity index (χ1v) is 12.5. The first kappa shape index (κ1) is 23.4. The second-order valence-corrected chi connectivity index (χ2v) is 10.1. The number of esters is 1. The van der Waals surface area contributed by atoms with E-state index in [-0.39, 0.29) is 12.2 Å². The maximum absolute atomic E-state index is 13.6. The van der Waals surface area contributed by atoms with Gasteiger partial charge in [0.2, 0.25) is 0 Å². The zero-order chi connectivity index (χ0) is 23.7. The third-order valence-electron chi connectivity index (χ3n) is 5.60. The highest BCUT2D eigenvalue weighted by molar-refractivity contribution is 9.10. The number of thiazole rings is 1. The van der Waals surface area contributed by atoms with Gasteiger partial charge in [-0.25, -0.2) is 9.79 Å². The molecule has 4 rings (SSSR count). The lowest BCUT2D eigenvalue weighted by atomic mass is 9.96. The van der Waals surface area contributed by atoms with Gasteiger partial charge in [-0.05, 0) is 54.7 Å². The van der Waals surface area contributed by atoms with Crippen molar-refractivity contribution in [2.75, 3.05) is 6.61 Å². The summed E-state index contributed by atoms with van der Waals surface area (Å²) in [7, 11) is 0. The summed E-state index contributed by atoms with van der Waals surface area (Å²) in [5, 5.41) is 0. The second kappa shape index (κ2) is 9.61. The SMILES string of the molecule is CCOC(=O)C1=C(C)N=c2s/c(=C\c3ccc(C(C)C)cc3)c(=O)n2[C@@H]1c1ccc(Br)cc1. The van der Waals surface area contributed by atoms with Gasteiger partial charge in [-0.3, -0.25) is 9.36 Å². The predicted molar refractivity (Wildman–Crippen MR) is 135 cm³/mol. The summed E-state index contributed by atoms with van der Waals surface area (Å²) in [5.41, 5.74) is 3.80. The molecule has 0 saturated heterocycles. The molecular weight excluding hydrogens is 500 g/mol. The highest BCUT2D eigenvalue weighted by Crippen LogP contribution is 2.31. The summed E-state index contributed by atoms with van der Waals surface area (Å²) < 4.78 is 8.44. The summed E-state index contributed by atoms with van der Waals surface area (Å²) in [6.45, 7) is 8.11. The number of ether oxygens (including phenoxy) is 1. The number of hydrogen-bond donors (Lipinski definition) is 0. The Labute approximate surface area is 204 Å². The highest BCUT2D eigenvalue weighted by Gasteiger charge is 2.33. The van der Waals surface area contributed by atoms with Gasteiger partial charge in [-0.15, -0.1) is 0 Å². The molecule has 1 aliphatic rings. The molecule has 0 fully saturated rings. The molecule has 2 aromatic carbocycles. The van der Waals surface area contributed by atoms with Crippen LogP contribution >= 0.6 is 27.3 Å². The minimum atomic E-state index is -0.598. The van der Waals surface area contributed by atoms with Crippen LogP contribution < -0.4 is 14.9 Å². The van der Waals surface area contributed by atoms with Gasteiger partial charge in [0.25, 0.3) is 5.56 Å². The van der Waals surface area contributed by atoms with Crippen molar-refractivity contribution in [2.45, 2.75) is 39.7 Å². The summed E-state index contributed by atoms with van der Waals surface area (Å²) in [4.78, 5) is 31.7. The predicted octanol–water partition coefficient (Wildman–Crippen LogP) is 4.68. The van der Waals surface area contributed by atoms with Gasteiger partial charge in [0.1, 0.15) is 0 Å². The summed E-state index contributed by atoms with van der Waals surface area (Å²) in [5.74, 6) is -0.00948. The Morgan fingerprint density at radius 3 is 2.45 bits per heavy atom. The molecule has 1 atom stereocenters. The van der Waals surface area contributed by atoms with Crippen molar-refractivity contribution in [3.05, 3.63) is 101 Å². The zero-order valence-electron chi connectivity index (χ0n) is 19.0. The standard InChI is InChI=1S/C26H25BrN2O3S/c1-5-32-25(31)22-16(4)28-26-29(23(22)19-10-12-20(27)13-11-19)24(30)21(33-26)14-17-6-8-18(9-7-17)15(2)3/h6-15,23H,5H2,1-4H3/b21-14-/t23-/m1/s1. The number of nitrogens with zero attached hydrogens (tertiary/aromatic N) is 2. The van der Waals surface area contributed by atoms with Crippen molar-refractivity contribution in [2.24, 2.45) is 4.99 Å². The Morgan fingerprint density at radius 1 is 1.18 bits per heavy atom. The lowest BCUT2D eigenvalue weighted by Crippen LogP contribution is -2.39. The van der Waals surface area contributed by atoms with E-state index in [0.717, 1.165) is 15.6 Å². The molecule has 0 saturated carbocycles. The van der Waals surface area contributed by atoms with Gasteiger partial charge >= 0.3 is 5.97 Å². The lowest BCUT2D eigenvalue weighted by molar-refractivity contribution is -0.139. The number of hydrogen-bond acceptors (Lipinski definition) is 5. The van der Waals surface area contributed by atoms with Crippen LogP contribution in [0.3, 0.4) is 0 Å². The molecule has 5 nitrogen and oxygen atoms in total. The van der Waals surface area contributed by atoms with E-state index in [0.29, 0.717) is 26.5 Å². The van der Waals surface area contributed by atoms with E-state index in [9.17, 15) is 9.59 Å². The minimum Gasteiger partial charge on any atom is -0.463 e. The molecule has 3 aromatic rings. The molecule has 33 heavy (non-hydrogen) atoms. The molecule has 0 aliphatic carbocycles. The van der Waals surface area contributed by atoms with Crippen molar-refractivity contribution in [1.82, 2.24) is 4.57 Å². The van der Waals surface area contributed by atoms with Crippen LogP contribution in [0.1, 0.15) is 56.3 Å². The molecule has 0 radical (unpaired) electrons. The Hall–Kier alpha value is -2.77.